The molecule has 5 nitrogen and oxygen atoms in total. The van der Waals surface area contributed by atoms with Crippen LogP contribution in [-0.2, 0) is 13.2 Å². The Balaban J connectivity index is 1.27. The van der Waals surface area contributed by atoms with Gasteiger partial charge in [-0.15, -0.1) is 0 Å². The summed E-state index contributed by atoms with van der Waals surface area (Å²) in [5.41, 5.74) is 2.56. The molecule has 1 heterocycles. The molecule has 0 radical (unpaired) electrons. The third kappa shape index (κ3) is 4.53. The van der Waals surface area contributed by atoms with Crippen molar-refractivity contribution in [3.63, 3.8) is 0 Å². The molecule has 0 spiro atoms. The number of halogens is 1. The predicted molar refractivity (Wildman–Crippen MR) is 96.8 cm³/mol. The lowest BCUT2D eigenvalue weighted by molar-refractivity contribution is 0.0914. The van der Waals surface area contributed by atoms with Crippen molar-refractivity contribution >= 4 is 5.91 Å². The zero-order valence-corrected chi connectivity index (χ0v) is 14.7. The second kappa shape index (κ2) is 7.61. The molecule has 0 bridgehead atoms. The van der Waals surface area contributed by atoms with E-state index in [9.17, 15) is 9.18 Å². The summed E-state index contributed by atoms with van der Waals surface area (Å²) in [6.07, 6.45) is 2.22. The second-order valence-electron chi connectivity index (χ2n) is 6.64. The van der Waals surface area contributed by atoms with E-state index in [0.29, 0.717) is 24.8 Å². The van der Waals surface area contributed by atoms with E-state index in [2.05, 4.69) is 10.5 Å². The highest BCUT2D eigenvalue weighted by atomic mass is 19.1. The average Bonchev–Trinajstić information content (AvgIpc) is 3.42. The van der Waals surface area contributed by atoms with Crippen LogP contribution in [0.4, 0.5) is 4.39 Å². The Kier molecular flexibility index (Phi) is 4.87. The molecule has 1 aliphatic carbocycles. The summed E-state index contributed by atoms with van der Waals surface area (Å²) < 4.78 is 23.9. The van der Waals surface area contributed by atoms with Crippen LogP contribution in [0.2, 0.25) is 0 Å². The first-order valence-corrected chi connectivity index (χ1v) is 8.88. The Bertz CT molecular complexity index is 933. The van der Waals surface area contributed by atoms with Gasteiger partial charge in [0.05, 0.1) is 5.69 Å². The molecule has 1 aromatic heterocycles. The van der Waals surface area contributed by atoms with Crippen LogP contribution in [0.5, 0.6) is 5.75 Å². The maximum atomic E-state index is 13.2. The molecule has 138 valence electrons. The van der Waals surface area contributed by atoms with Gasteiger partial charge in [0, 0.05) is 18.5 Å². The van der Waals surface area contributed by atoms with Crippen LogP contribution in [-0.4, -0.2) is 11.1 Å². The Morgan fingerprint density at radius 2 is 1.96 bits per heavy atom. The van der Waals surface area contributed by atoms with Crippen molar-refractivity contribution in [2.24, 2.45) is 0 Å². The zero-order chi connectivity index (χ0) is 18.6. The van der Waals surface area contributed by atoms with Gasteiger partial charge in [0.15, 0.2) is 0 Å². The molecule has 0 aliphatic heterocycles. The average molecular weight is 366 g/mol. The first-order chi connectivity index (χ1) is 13.2. The summed E-state index contributed by atoms with van der Waals surface area (Å²) in [4.78, 5) is 12.1. The number of amides is 1. The van der Waals surface area contributed by atoms with Gasteiger partial charge >= 0.3 is 0 Å². The van der Waals surface area contributed by atoms with Gasteiger partial charge in [-0.05, 0) is 48.2 Å². The van der Waals surface area contributed by atoms with Crippen LogP contribution in [0.25, 0.3) is 0 Å². The topological polar surface area (TPSA) is 64.4 Å². The van der Waals surface area contributed by atoms with E-state index in [1.54, 1.807) is 12.1 Å². The number of benzene rings is 2. The van der Waals surface area contributed by atoms with Crippen LogP contribution < -0.4 is 10.1 Å². The highest BCUT2D eigenvalue weighted by Gasteiger charge is 2.28. The van der Waals surface area contributed by atoms with Crippen molar-refractivity contribution in [2.75, 3.05) is 0 Å². The van der Waals surface area contributed by atoms with Gasteiger partial charge in [-0.2, -0.15) is 0 Å². The number of carbonyl (C=O) groups is 1. The van der Waals surface area contributed by atoms with Crippen molar-refractivity contribution in [2.45, 2.75) is 31.9 Å². The molecule has 1 saturated carbocycles. The lowest BCUT2D eigenvalue weighted by atomic mass is 10.2. The molecule has 0 atom stereocenters. The van der Waals surface area contributed by atoms with Crippen LogP contribution in [0, 0.1) is 5.82 Å². The highest BCUT2D eigenvalue weighted by molar-refractivity contribution is 5.91. The van der Waals surface area contributed by atoms with E-state index in [1.807, 2.05) is 30.3 Å². The summed E-state index contributed by atoms with van der Waals surface area (Å²) >= 11 is 0. The molecule has 1 N–H and O–H groups in total. The smallest absolute Gasteiger partial charge is 0.290 e. The Morgan fingerprint density at radius 1 is 1.15 bits per heavy atom. The number of ether oxygens (including phenoxy) is 1. The molecule has 6 heteroatoms. The first-order valence-electron chi connectivity index (χ1n) is 8.88. The largest absolute Gasteiger partial charge is 0.489 e. The SMILES string of the molecule is O=C(NCc1ccc(OCc2cccc(F)c2)cc1)c1cc(C2CC2)no1. The van der Waals surface area contributed by atoms with Crippen LogP contribution >= 0.6 is 0 Å². The van der Waals surface area contributed by atoms with Gasteiger partial charge < -0.3 is 14.6 Å². The summed E-state index contributed by atoms with van der Waals surface area (Å²) in [6, 6.07) is 15.4. The maximum absolute atomic E-state index is 13.2. The molecule has 0 unspecified atom stereocenters. The minimum Gasteiger partial charge on any atom is -0.489 e. The highest BCUT2D eigenvalue weighted by Crippen LogP contribution is 2.39. The molecule has 1 amide bonds. The normalized spacial score (nSPS) is 13.4. The van der Waals surface area contributed by atoms with E-state index >= 15 is 0 Å². The number of nitrogens with zero attached hydrogens (tertiary/aromatic N) is 1. The standard InChI is InChI=1S/C21H19FN2O3/c22-17-3-1-2-15(10-17)13-26-18-8-4-14(5-9-18)12-23-21(25)20-11-19(24-27-20)16-6-7-16/h1-5,8-11,16H,6-7,12-13H2,(H,23,25). The van der Waals surface area contributed by atoms with Gasteiger partial charge in [0.25, 0.3) is 5.91 Å². The fourth-order valence-corrected chi connectivity index (χ4v) is 2.73. The summed E-state index contributed by atoms with van der Waals surface area (Å²) in [5, 5.41) is 6.76. The monoisotopic (exact) mass is 366 g/mol. The van der Waals surface area contributed by atoms with E-state index < -0.39 is 0 Å². The lowest BCUT2D eigenvalue weighted by Crippen LogP contribution is -2.22. The molecule has 3 aromatic rings. The first kappa shape index (κ1) is 17.3. The Morgan fingerprint density at radius 3 is 2.70 bits per heavy atom. The molecule has 1 fully saturated rings. The number of rotatable bonds is 7. The number of aromatic nitrogens is 1. The van der Waals surface area contributed by atoms with E-state index in [0.717, 1.165) is 29.7 Å². The number of carbonyl (C=O) groups excluding carboxylic acids is 1. The van der Waals surface area contributed by atoms with Gasteiger partial charge in [0.2, 0.25) is 5.76 Å². The lowest BCUT2D eigenvalue weighted by Gasteiger charge is -2.08. The van der Waals surface area contributed by atoms with Gasteiger partial charge in [-0.3, -0.25) is 4.79 Å². The van der Waals surface area contributed by atoms with Crippen molar-refractivity contribution in [3.8, 4) is 5.75 Å². The summed E-state index contributed by atoms with van der Waals surface area (Å²) in [6.45, 7) is 0.672. The Labute approximate surface area is 156 Å². The quantitative estimate of drug-likeness (QED) is 0.681. The molecule has 4 rings (SSSR count). The fraction of sp³-hybridized carbons (Fsp3) is 0.238. The van der Waals surface area contributed by atoms with Gasteiger partial charge in [-0.1, -0.05) is 29.4 Å². The number of hydrogen-bond donors (Lipinski definition) is 1. The fourth-order valence-electron chi connectivity index (χ4n) is 2.73. The Hall–Kier alpha value is -3.15. The molecule has 0 saturated heterocycles. The van der Waals surface area contributed by atoms with E-state index in [4.69, 9.17) is 9.26 Å². The van der Waals surface area contributed by atoms with Crippen molar-refractivity contribution in [1.82, 2.24) is 10.5 Å². The molecule has 27 heavy (non-hydrogen) atoms. The minimum atomic E-state index is -0.279. The summed E-state index contributed by atoms with van der Waals surface area (Å²) in [7, 11) is 0. The van der Waals surface area contributed by atoms with Crippen molar-refractivity contribution in [1.29, 1.82) is 0 Å². The predicted octanol–water partition coefficient (Wildman–Crippen LogP) is 4.20. The van der Waals surface area contributed by atoms with Gasteiger partial charge in [0.1, 0.15) is 18.2 Å². The van der Waals surface area contributed by atoms with E-state index in [1.165, 1.54) is 12.1 Å². The van der Waals surface area contributed by atoms with Crippen LogP contribution in [0.3, 0.4) is 0 Å². The van der Waals surface area contributed by atoms with E-state index in [-0.39, 0.29) is 17.5 Å². The maximum Gasteiger partial charge on any atom is 0.290 e. The molecule has 2 aromatic carbocycles. The van der Waals surface area contributed by atoms with Crippen molar-refractivity contribution in [3.05, 3.63) is 83.0 Å². The molecule has 1 aliphatic rings. The third-order valence-electron chi connectivity index (χ3n) is 4.42. The van der Waals surface area contributed by atoms with Crippen LogP contribution in [0.1, 0.15) is 46.1 Å². The number of nitrogens with one attached hydrogen (secondary N) is 1. The number of hydrogen-bond acceptors (Lipinski definition) is 4. The second-order valence-corrected chi connectivity index (χ2v) is 6.64. The minimum absolute atomic E-state index is 0.243. The molecular formula is C21H19FN2O3. The third-order valence-corrected chi connectivity index (χ3v) is 4.42. The summed E-state index contributed by atoms with van der Waals surface area (Å²) in [5.74, 6) is 0.819. The molecular weight excluding hydrogens is 347 g/mol. The van der Waals surface area contributed by atoms with Crippen LogP contribution in [0.15, 0.2) is 59.1 Å². The van der Waals surface area contributed by atoms with Gasteiger partial charge in [-0.25, -0.2) is 4.39 Å². The zero-order valence-electron chi connectivity index (χ0n) is 14.7. The van der Waals surface area contributed by atoms with Crippen molar-refractivity contribution < 1.29 is 18.4 Å².